The van der Waals surface area contributed by atoms with Gasteiger partial charge in [0.15, 0.2) is 0 Å². The van der Waals surface area contributed by atoms with Gasteiger partial charge >= 0.3 is 0 Å². The fourth-order valence-corrected chi connectivity index (χ4v) is 2.46. The third kappa shape index (κ3) is 3.14. The van der Waals surface area contributed by atoms with Gasteiger partial charge < -0.3 is 0 Å². The molecule has 18 heavy (non-hydrogen) atoms. The molecule has 1 aromatic rings. The Morgan fingerprint density at radius 2 is 2.00 bits per heavy atom. The summed E-state index contributed by atoms with van der Waals surface area (Å²) in [5, 5.41) is 0. The Morgan fingerprint density at radius 3 is 2.56 bits per heavy atom. The van der Waals surface area contributed by atoms with E-state index in [1.165, 1.54) is 11.1 Å². The molecule has 1 aromatic carbocycles. The van der Waals surface area contributed by atoms with Crippen LogP contribution in [0.5, 0.6) is 0 Å². The van der Waals surface area contributed by atoms with Crippen molar-refractivity contribution in [1.29, 1.82) is 0 Å². The van der Waals surface area contributed by atoms with Gasteiger partial charge in [-0.25, -0.2) is 0 Å². The van der Waals surface area contributed by atoms with E-state index in [4.69, 9.17) is 11.6 Å². The van der Waals surface area contributed by atoms with E-state index in [0.29, 0.717) is 5.88 Å². The first-order chi connectivity index (χ1) is 8.78. The lowest BCUT2D eigenvalue weighted by Crippen LogP contribution is -2.18. The first-order valence-corrected chi connectivity index (χ1v) is 6.93. The summed E-state index contributed by atoms with van der Waals surface area (Å²) in [5.41, 5.74) is 2.77. The summed E-state index contributed by atoms with van der Waals surface area (Å²) < 4.78 is 0. The Labute approximate surface area is 115 Å². The first-order valence-electron chi connectivity index (χ1n) is 6.40. The van der Waals surface area contributed by atoms with Crippen LogP contribution in [0.25, 0.3) is 0 Å². The summed E-state index contributed by atoms with van der Waals surface area (Å²) in [6.07, 6.45) is 11.8. The van der Waals surface area contributed by atoms with Crippen LogP contribution >= 0.6 is 11.6 Å². The predicted molar refractivity (Wildman–Crippen MR) is 80.0 cm³/mol. The topological polar surface area (TPSA) is 0 Å². The van der Waals surface area contributed by atoms with Crippen LogP contribution in [-0.4, -0.2) is 5.88 Å². The summed E-state index contributed by atoms with van der Waals surface area (Å²) in [7, 11) is 0. The molecule has 2 rings (SSSR count). The molecule has 1 aliphatic carbocycles. The molecule has 0 saturated carbocycles. The van der Waals surface area contributed by atoms with E-state index in [1.54, 1.807) is 0 Å². The molecule has 1 aliphatic rings. The number of rotatable bonds is 5. The van der Waals surface area contributed by atoms with Crippen molar-refractivity contribution >= 4 is 11.6 Å². The van der Waals surface area contributed by atoms with Crippen molar-refractivity contribution in [3.05, 3.63) is 72.4 Å². The monoisotopic (exact) mass is 258 g/mol. The molecule has 1 heteroatoms. The van der Waals surface area contributed by atoms with E-state index in [9.17, 15) is 0 Å². The third-order valence-corrected chi connectivity index (χ3v) is 4.07. The van der Waals surface area contributed by atoms with Crippen LogP contribution in [0.1, 0.15) is 18.4 Å². The second kappa shape index (κ2) is 6.06. The highest BCUT2D eigenvalue weighted by atomic mass is 35.5. The molecule has 0 bridgehead atoms. The van der Waals surface area contributed by atoms with E-state index >= 15 is 0 Å². The lowest BCUT2D eigenvalue weighted by Gasteiger charge is -2.26. The van der Waals surface area contributed by atoms with Crippen molar-refractivity contribution in [3.63, 3.8) is 0 Å². The second-order valence-electron chi connectivity index (χ2n) is 4.87. The van der Waals surface area contributed by atoms with Crippen LogP contribution in [0.3, 0.4) is 0 Å². The van der Waals surface area contributed by atoms with Crippen LogP contribution in [0.2, 0.25) is 0 Å². The molecule has 0 aromatic heterocycles. The fourth-order valence-electron chi connectivity index (χ4n) is 2.15. The van der Waals surface area contributed by atoms with Gasteiger partial charge in [0.2, 0.25) is 0 Å². The zero-order valence-corrected chi connectivity index (χ0v) is 11.4. The molecule has 0 amide bonds. The highest BCUT2D eigenvalue weighted by Gasteiger charge is 2.23. The Hall–Kier alpha value is -1.27. The average Bonchev–Trinajstić information content (AvgIpc) is 2.47. The van der Waals surface area contributed by atoms with Gasteiger partial charge in [0.25, 0.3) is 0 Å². The Kier molecular flexibility index (Phi) is 4.43. The van der Waals surface area contributed by atoms with E-state index in [0.717, 1.165) is 19.3 Å². The standard InChI is InChI=1S/C17H19Cl/c1-2-17(14-18)12-10-16(11-13-17)9-8-15-6-4-3-5-7-15/h2-7,10-12H,1,8-9,13-14H2. The lowest BCUT2D eigenvalue weighted by atomic mass is 9.81. The van der Waals surface area contributed by atoms with Gasteiger partial charge in [-0.15, -0.1) is 18.2 Å². The van der Waals surface area contributed by atoms with Gasteiger partial charge in [-0.05, 0) is 24.8 Å². The minimum Gasteiger partial charge on any atom is -0.125 e. The number of halogens is 1. The van der Waals surface area contributed by atoms with Crippen molar-refractivity contribution in [2.24, 2.45) is 5.41 Å². The van der Waals surface area contributed by atoms with Gasteiger partial charge in [-0.3, -0.25) is 0 Å². The molecule has 0 aliphatic heterocycles. The number of hydrogen-bond acceptors (Lipinski definition) is 0. The quantitative estimate of drug-likeness (QED) is 0.520. The number of aryl methyl sites for hydroxylation is 1. The number of allylic oxidation sites excluding steroid dienone is 5. The van der Waals surface area contributed by atoms with E-state index in [2.05, 4.69) is 55.1 Å². The fraction of sp³-hybridized carbons (Fsp3) is 0.294. The number of alkyl halides is 1. The molecule has 1 atom stereocenters. The Morgan fingerprint density at radius 1 is 1.22 bits per heavy atom. The highest BCUT2D eigenvalue weighted by molar-refractivity contribution is 6.18. The maximum Gasteiger partial charge on any atom is 0.0352 e. The average molecular weight is 259 g/mol. The van der Waals surface area contributed by atoms with Gasteiger partial charge in [0.1, 0.15) is 0 Å². The lowest BCUT2D eigenvalue weighted by molar-refractivity contribution is 0.560. The SMILES string of the molecule is C=CC1(CCl)C=CC(CCc2ccccc2)=CC1. The van der Waals surface area contributed by atoms with Gasteiger partial charge in [-0.1, -0.05) is 60.2 Å². The zero-order chi connectivity index (χ0) is 12.8. The van der Waals surface area contributed by atoms with E-state index in [1.807, 2.05) is 6.08 Å². The van der Waals surface area contributed by atoms with Crippen LogP contribution in [0.4, 0.5) is 0 Å². The van der Waals surface area contributed by atoms with Gasteiger partial charge in [0, 0.05) is 11.3 Å². The molecule has 0 heterocycles. The molecule has 0 radical (unpaired) electrons. The van der Waals surface area contributed by atoms with Crippen molar-refractivity contribution < 1.29 is 0 Å². The molecule has 1 unspecified atom stereocenters. The Bertz CT molecular complexity index is 456. The van der Waals surface area contributed by atoms with Crippen LogP contribution < -0.4 is 0 Å². The molecule has 94 valence electrons. The number of benzene rings is 1. The Balaban J connectivity index is 1.92. The van der Waals surface area contributed by atoms with Crippen LogP contribution in [0, 0.1) is 5.41 Å². The molecule has 0 spiro atoms. The molecule has 0 N–H and O–H groups in total. The third-order valence-electron chi connectivity index (χ3n) is 3.57. The molecular weight excluding hydrogens is 240 g/mol. The van der Waals surface area contributed by atoms with Crippen molar-refractivity contribution in [3.8, 4) is 0 Å². The summed E-state index contributed by atoms with van der Waals surface area (Å²) >= 11 is 6.01. The van der Waals surface area contributed by atoms with Crippen molar-refractivity contribution in [2.45, 2.75) is 19.3 Å². The number of hydrogen-bond donors (Lipinski definition) is 0. The minimum atomic E-state index is -0.0300. The zero-order valence-electron chi connectivity index (χ0n) is 10.6. The maximum absolute atomic E-state index is 6.01. The molecular formula is C17H19Cl. The largest absolute Gasteiger partial charge is 0.125 e. The van der Waals surface area contributed by atoms with Gasteiger partial charge in [0.05, 0.1) is 0 Å². The van der Waals surface area contributed by atoms with Crippen LogP contribution in [0.15, 0.2) is 66.8 Å². The van der Waals surface area contributed by atoms with E-state index in [-0.39, 0.29) is 5.41 Å². The predicted octanol–water partition coefficient (Wildman–Crippen LogP) is 4.92. The summed E-state index contributed by atoms with van der Waals surface area (Å²) in [6, 6.07) is 10.6. The molecule has 0 saturated heterocycles. The van der Waals surface area contributed by atoms with Gasteiger partial charge in [-0.2, -0.15) is 0 Å². The molecule has 0 fully saturated rings. The summed E-state index contributed by atoms with van der Waals surface area (Å²) in [6.45, 7) is 3.88. The molecule has 0 nitrogen and oxygen atoms in total. The van der Waals surface area contributed by atoms with E-state index < -0.39 is 0 Å². The van der Waals surface area contributed by atoms with Crippen LogP contribution in [-0.2, 0) is 6.42 Å². The first kappa shape index (κ1) is 13.2. The smallest absolute Gasteiger partial charge is 0.0352 e. The second-order valence-corrected chi connectivity index (χ2v) is 5.14. The highest BCUT2D eigenvalue weighted by Crippen LogP contribution is 2.33. The summed E-state index contributed by atoms with van der Waals surface area (Å²) in [5.74, 6) is 0.607. The van der Waals surface area contributed by atoms with Crippen molar-refractivity contribution in [1.82, 2.24) is 0 Å². The maximum atomic E-state index is 6.01. The minimum absolute atomic E-state index is 0.0300. The normalized spacial score (nSPS) is 22.6. The van der Waals surface area contributed by atoms with Crippen molar-refractivity contribution in [2.75, 3.05) is 5.88 Å². The summed E-state index contributed by atoms with van der Waals surface area (Å²) in [4.78, 5) is 0.